The van der Waals surface area contributed by atoms with Gasteiger partial charge in [0.2, 0.25) is 0 Å². The van der Waals surface area contributed by atoms with Crippen molar-refractivity contribution in [2.24, 2.45) is 0 Å². The van der Waals surface area contributed by atoms with Crippen molar-refractivity contribution in [3.63, 3.8) is 0 Å². The van der Waals surface area contributed by atoms with Crippen molar-refractivity contribution in [3.8, 4) is 0 Å². The number of hydrogen-bond donors (Lipinski definition) is 2. The number of nitrogens with one attached hydrogen (secondary N) is 2. The fraction of sp³-hybridized carbons (Fsp3) is 0.643. The number of sulfonamides is 1. The standard InChI is InChI=1S/C14H24N4O2S/c1-5-8-18(12-6-7-12)21(19,20)14-13(9-15-10(2)3)11(4)16-17-14/h5,10,12,15H,1,6-9H2,2-4H3,(H,16,17). The molecule has 1 aromatic heterocycles. The van der Waals surface area contributed by atoms with E-state index in [0.29, 0.717) is 13.1 Å². The van der Waals surface area contributed by atoms with E-state index in [0.717, 1.165) is 24.1 Å². The summed E-state index contributed by atoms with van der Waals surface area (Å²) in [4.78, 5) is 0. The summed E-state index contributed by atoms with van der Waals surface area (Å²) in [6.07, 6.45) is 3.45. The van der Waals surface area contributed by atoms with Crippen LogP contribution in [0.15, 0.2) is 17.7 Å². The van der Waals surface area contributed by atoms with Crippen molar-refractivity contribution in [2.45, 2.75) is 57.3 Å². The van der Waals surface area contributed by atoms with Crippen LogP contribution in [0.4, 0.5) is 0 Å². The van der Waals surface area contributed by atoms with Crippen molar-refractivity contribution < 1.29 is 8.42 Å². The molecule has 1 heterocycles. The third-order valence-electron chi connectivity index (χ3n) is 3.54. The van der Waals surface area contributed by atoms with Crippen LogP contribution in [0.1, 0.15) is 37.9 Å². The molecule has 2 rings (SSSR count). The first-order chi connectivity index (χ1) is 9.87. The third-order valence-corrected chi connectivity index (χ3v) is 5.43. The van der Waals surface area contributed by atoms with E-state index in [9.17, 15) is 8.42 Å². The molecule has 0 unspecified atom stereocenters. The van der Waals surface area contributed by atoms with Gasteiger partial charge in [0.1, 0.15) is 0 Å². The van der Waals surface area contributed by atoms with Gasteiger partial charge in [0.05, 0.1) is 0 Å². The zero-order valence-electron chi connectivity index (χ0n) is 12.9. The van der Waals surface area contributed by atoms with E-state index in [1.54, 1.807) is 6.08 Å². The minimum Gasteiger partial charge on any atom is -0.310 e. The van der Waals surface area contributed by atoms with Gasteiger partial charge in [-0.2, -0.15) is 9.40 Å². The van der Waals surface area contributed by atoms with Crippen LogP contribution in [0.5, 0.6) is 0 Å². The average molecular weight is 312 g/mol. The van der Waals surface area contributed by atoms with E-state index in [1.807, 2.05) is 20.8 Å². The largest absolute Gasteiger partial charge is 0.310 e. The number of aryl methyl sites for hydroxylation is 1. The molecule has 0 aromatic carbocycles. The molecule has 118 valence electrons. The molecule has 2 N–H and O–H groups in total. The summed E-state index contributed by atoms with van der Waals surface area (Å²) in [5.74, 6) is 0. The van der Waals surface area contributed by atoms with Gasteiger partial charge in [-0.3, -0.25) is 5.10 Å². The molecule has 1 aliphatic carbocycles. The van der Waals surface area contributed by atoms with Crippen molar-refractivity contribution in [2.75, 3.05) is 6.54 Å². The molecule has 0 spiro atoms. The summed E-state index contributed by atoms with van der Waals surface area (Å²) in [5, 5.41) is 10.2. The zero-order valence-corrected chi connectivity index (χ0v) is 13.7. The first-order valence-electron chi connectivity index (χ1n) is 7.28. The van der Waals surface area contributed by atoms with Gasteiger partial charge in [0, 0.05) is 36.4 Å². The van der Waals surface area contributed by atoms with Crippen LogP contribution in [-0.4, -0.2) is 41.5 Å². The number of H-pyrrole nitrogens is 1. The van der Waals surface area contributed by atoms with Crippen LogP contribution in [-0.2, 0) is 16.6 Å². The highest BCUT2D eigenvalue weighted by Crippen LogP contribution is 2.32. The topological polar surface area (TPSA) is 78.1 Å². The molecule has 21 heavy (non-hydrogen) atoms. The number of rotatable bonds is 8. The minimum absolute atomic E-state index is 0.0934. The van der Waals surface area contributed by atoms with E-state index in [2.05, 4.69) is 22.1 Å². The lowest BCUT2D eigenvalue weighted by molar-refractivity contribution is 0.432. The Labute approximate surface area is 126 Å². The molecule has 0 atom stereocenters. The Morgan fingerprint density at radius 1 is 1.52 bits per heavy atom. The molecule has 1 aliphatic rings. The third kappa shape index (κ3) is 3.53. The highest BCUT2D eigenvalue weighted by Gasteiger charge is 2.39. The summed E-state index contributed by atoms with van der Waals surface area (Å²) in [5.41, 5.74) is 1.51. The van der Waals surface area contributed by atoms with Gasteiger partial charge in [0.25, 0.3) is 10.0 Å². The second-order valence-corrected chi connectivity index (χ2v) is 7.57. The van der Waals surface area contributed by atoms with Crippen LogP contribution in [0.3, 0.4) is 0 Å². The highest BCUT2D eigenvalue weighted by atomic mass is 32.2. The number of aromatic nitrogens is 2. The first-order valence-corrected chi connectivity index (χ1v) is 8.72. The fourth-order valence-electron chi connectivity index (χ4n) is 2.20. The number of nitrogens with zero attached hydrogens (tertiary/aromatic N) is 2. The first kappa shape index (κ1) is 16.2. The Hall–Kier alpha value is -1.18. The van der Waals surface area contributed by atoms with Crippen LogP contribution < -0.4 is 5.32 Å². The summed E-state index contributed by atoms with van der Waals surface area (Å²) in [6.45, 7) is 10.4. The second-order valence-electron chi connectivity index (χ2n) is 5.76. The molecule has 0 bridgehead atoms. The van der Waals surface area contributed by atoms with Gasteiger partial charge >= 0.3 is 0 Å². The monoisotopic (exact) mass is 312 g/mol. The summed E-state index contributed by atoms with van der Waals surface area (Å²) in [7, 11) is -3.58. The second kappa shape index (κ2) is 6.29. The van der Waals surface area contributed by atoms with Crippen LogP contribution in [0, 0.1) is 6.92 Å². The maximum Gasteiger partial charge on any atom is 0.263 e. The van der Waals surface area contributed by atoms with Crippen molar-refractivity contribution in [1.82, 2.24) is 19.8 Å². The Kier molecular flexibility index (Phi) is 4.85. The molecule has 0 saturated heterocycles. The van der Waals surface area contributed by atoms with Gasteiger partial charge in [-0.15, -0.1) is 6.58 Å². The minimum atomic E-state index is -3.58. The molecule has 6 nitrogen and oxygen atoms in total. The van der Waals surface area contributed by atoms with Crippen molar-refractivity contribution in [3.05, 3.63) is 23.9 Å². The lowest BCUT2D eigenvalue weighted by Crippen LogP contribution is -2.34. The molecule has 1 saturated carbocycles. The maximum atomic E-state index is 12.9. The summed E-state index contributed by atoms with van der Waals surface area (Å²) < 4.78 is 27.2. The maximum absolute atomic E-state index is 12.9. The van der Waals surface area contributed by atoms with E-state index in [1.165, 1.54) is 4.31 Å². The SMILES string of the molecule is C=CCN(C1CC1)S(=O)(=O)c1n[nH]c(C)c1CNC(C)C. The number of hydrogen-bond acceptors (Lipinski definition) is 4. The fourth-order valence-corrected chi connectivity index (χ4v) is 4.03. The highest BCUT2D eigenvalue weighted by molar-refractivity contribution is 7.89. The van der Waals surface area contributed by atoms with Crippen molar-refractivity contribution in [1.29, 1.82) is 0 Å². The predicted octanol–water partition coefficient (Wildman–Crippen LogP) is 1.56. The molecular weight excluding hydrogens is 288 g/mol. The van der Waals surface area contributed by atoms with Gasteiger partial charge < -0.3 is 5.32 Å². The quantitative estimate of drug-likeness (QED) is 0.714. The van der Waals surface area contributed by atoms with E-state index < -0.39 is 10.0 Å². The van der Waals surface area contributed by atoms with Gasteiger partial charge in [-0.05, 0) is 19.8 Å². The van der Waals surface area contributed by atoms with Gasteiger partial charge in [-0.1, -0.05) is 19.9 Å². The van der Waals surface area contributed by atoms with E-state index in [4.69, 9.17) is 0 Å². The molecule has 1 fully saturated rings. The van der Waals surface area contributed by atoms with Crippen LogP contribution in [0.2, 0.25) is 0 Å². The zero-order chi connectivity index (χ0) is 15.6. The average Bonchev–Trinajstić information content (AvgIpc) is 3.16. The van der Waals surface area contributed by atoms with E-state index >= 15 is 0 Å². The summed E-state index contributed by atoms with van der Waals surface area (Å²) in [6, 6.07) is 0.374. The lowest BCUT2D eigenvalue weighted by Gasteiger charge is -2.20. The Morgan fingerprint density at radius 2 is 2.19 bits per heavy atom. The number of aromatic amines is 1. The normalized spacial score (nSPS) is 15.9. The van der Waals surface area contributed by atoms with E-state index in [-0.39, 0.29) is 17.1 Å². The molecular formula is C14H24N4O2S. The van der Waals surface area contributed by atoms with Crippen LogP contribution in [0.25, 0.3) is 0 Å². The summed E-state index contributed by atoms with van der Waals surface area (Å²) >= 11 is 0. The molecule has 0 aliphatic heterocycles. The predicted molar refractivity (Wildman–Crippen MR) is 82.4 cm³/mol. The Morgan fingerprint density at radius 3 is 2.71 bits per heavy atom. The smallest absolute Gasteiger partial charge is 0.263 e. The van der Waals surface area contributed by atoms with Gasteiger partial charge in [0.15, 0.2) is 5.03 Å². The molecule has 1 aromatic rings. The molecule has 0 amide bonds. The van der Waals surface area contributed by atoms with Gasteiger partial charge in [-0.25, -0.2) is 8.42 Å². The van der Waals surface area contributed by atoms with Crippen molar-refractivity contribution >= 4 is 10.0 Å². The molecule has 7 heteroatoms. The Balaban J connectivity index is 2.32. The lowest BCUT2D eigenvalue weighted by atomic mass is 10.2. The Bertz CT molecular complexity index is 602. The van der Waals surface area contributed by atoms with Crippen LogP contribution >= 0.6 is 0 Å². The molecule has 0 radical (unpaired) electrons.